The number of ether oxygens (including phenoxy) is 3. The second kappa shape index (κ2) is 6.93. The molecule has 1 aromatic heterocycles. The molecule has 0 spiro atoms. The molecule has 4 aliphatic carbocycles. The maximum atomic E-state index is 13.7. The van der Waals surface area contributed by atoms with Gasteiger partial charge in [0, 0.05) is 29.3 Å². The molecule has 2 saturated carbocycles. The molecule has 2 heterocycles. The summed E-state index contributed by atoms with van der Waals surface area (Å²) in [7, 11) is 1.67. The largest absolute Gasteiger partial charge is 0.472 e. The Morgan fingerprint density at radius 2 is 2.00 bits per heavy atom. The fraction of sp³-hybridized carbons (Fsp3) is 0.679. The molecule has 0 amide bonds. The summed E-state index contributed by atoms with van der Waals surface area (Å²) in [5.74, 6) is 0.942. The number of rotatable bonds is 4. The molecule has 0 radical (unpaired) electrons. The van der Waals surface area contributed by atoms with Gasteiger partial charge in [0.05, 0.1) is 31.3 Å². The normalized spacial score (nSPS) is 50.0. The van der Waals surface area contributed by atoms with Crippen molar-refractivity contribution in [1.82, 2.24) is 0 Å². The molecule has 6 rings (SSSR count). The average Bonchev–Trinajstić information content (AvgIpc) is 3.49. The molecule has 5 aliphatic rings. The van der Waals surface area contributed by atoms with Gasteiger partial charge in [-0.1, -0.05) is 45.4 Å². The molecule has 178 valence electrons. The Hall–Kier alpha value is -1.69. The van der Waals surface area contributed by atoms with Crippen LogP contribution in [0.2, 0.25) is 0 Å². The second-order valence-electron chi connectivity index (χ2n) is 12.0. The van der Waals surface area contributed by atoms with Crippen molar-refractivity contribution in [2.75, 3.05) is 20.5 Å². The van der Waals surface area contributed by atoms with Gasteiger partial charge in [-0.15, -0.1) is 0 Å². The van der Waals surface area contributed by atoms with Gasteiger partial charge >= 0.3 is 0 Å². The fourth-order valence-electron chi connectivity index (χ4n) is 9.26. The molecular weight excluding hydrogens is 416 g/mol. The lowest BCUT2D eigenvalue weighted by molar-refractivity contribution is -0.232. The van der Waals surface area contributed by atoms with E-state index in [-0.39, 0.29) is 52.9 Å². The highest BCUT2D eigenvalue weighted by Gasteiger charge is 2.74. The smallest absolute Gasteiger partial charge is 0.161 e. The second-order valence-corrected chi connectivity index (χ2v) is 12.0. The molecule has 1 aromatic rings. The zero-order valence-corrected chi connectivity index (χ0v) is 20.4. The number of ketones is 1. The van der Waals surface area contributed by atoms with Gasteiger partial charge in [-0.05, 0) is 54.2 Å². The van der Waals surface area contributed by atoms with E-state index in [9.17, 15) is 4.79 Å². The first-order valence-corrected chi connectivity index (χ1v) is 12.4. The molecule has 3 fully saturated rings. The van der Waals surface area contributed by atoms with Crippen molar-refractivity contribution in [1.29, 1.82) is 0 Å². The first-order chi connectivity index (χ1) is 15.7. The van der Waals surface area contributed by atoms with Crippen LogP contribution in [0.5, 0.6) is 0 Å². The average molecular weight is 453 g/mol. The molecule has 1 aliphatic heterocycles. The van der Waals surface area contributed by atoms with Crippen LogP contribution >= 0.6 is 0 Å². The van der Waals surface area contributed by atoms with Crippen molar-refractivity contribution in [3.8, 4) is 0 Å². The van der Waals surface area contributed by atoms with Crippen LogP contribution in [0.1, 0.15) is 58.4 Å². The van der Waals surface area contributed by atoms with Crippen LogP contribution in [0.4, 0.5) is 0 Å². The number of hydrogen-bond donors (Lipinski definition) is 0. The number of fused-ring (bicyclic) bond motifs is 4. The number of carbonyl (C=O) groups is 1. The Morgan fingerprint density at radius 3 is 2.73 bits per heavy atom. The van der Waals surface area contributed by atoms with Crippen LogP contribution in [0.15, 0.2) is 46.8 Å². The Kier molecular flexibility index (Phi) is 4.58. The van der Waals surface area contributed by atoms with Crippen LogP contribution < -0.4 is 0 Å². The van der Waals surface area contributed by atoms with E-state index in [1.165, 1.54) is 11.1 Å². The molecule has 5 nitrogen and oxygen atoms in total. The summed E-state index contributed by atoms with van der Waals surface area (Å²) in [4.78, 5) is 13.7. The maximum Gasteiger partial charge on any atom is 0.161 e. The number of methoxy groups -OCH3 is 1. The predicted octanol–water partition coefficient (Wildman–Crippen LogP) is 5.29. The van der Waals surface area contributed by atoms with Gasteiger partial charge in [0.25, 0.3) is 0 Å². The van der Waals surface area contributed by atoms with E-state index in [1.807, 2.05) is 12.3 Å². The SMILES string of the molecule is COCOC1C2OCC3(C)C=CC(=O)C(C)(C23)C2CCC3(C)C(=CCC3c3ccoc3)C12C. The lowest BCUT2D eigenvalue weighted by atomic mass is 9.38. The first-order valence-electron chi connectivity index (χ1n) is 12.4. The minimum atomic E-state index is -0.470. The highest BCUT2D eigenvalue weighted by atomic mass is 16.7. The van der Waals surface area contributed by atoms with Crippen molar-refractivity contribution in [2.45, 2.75) is 65.1 Å². The van der Waals surface area contributed by atoms with E-state index in [2.05, 4.69) is 45.9 Å². The summed E-state index contributed by atoms with van der Waals surface area (Å²) in [6, 6.07) is 2.11. The van der Waals surface area contributed by atoms with Gasteiger partial charge < -0.3 is 18.6 Å². The van der Waals surface area contributed by atoms with Gasteiger partial charge in [0.1, 0.15) is 6.79 Å². The number of hydrogen-bond acceptors (Lipinski definition) is 5. The Bertz CT molecular complexity index is 1030. The van der Waals surface area contributed by atoms with Gasteiger partial charge in [0.15, 0.2) is 5.78 Å². The van der Waals surface area contributed by atoms with Crippen LogP contribution in [0.3, 0.4) is 0 Å². The van der Waals surface area contributed by atoms with Crippen LogP contribution in [0.25, 0.3) is 0 Å². The predicted molar refractivity (Wildman–Crippen MR) is 123 cm³/mol. The van der Waals surface area contributed by atoms with Crippen LogP contribution in [-0.2, 0) is 19.0 Å². The summed E-state index contributed by atoms with van der Waals surface area (Å²) in [5.41, 5.74) is 1.78. The molecule has 0 bridgehead atoms. The molecular formula is C28H36O5. The third kappa shape index (κ3) is 2.51. The topological polar surface area (TPSA) is 57.9 Å². The van der Waals surface area contributed by atoms with Gasteiger partial charge in [0.2, 0.25) is 0 Å². The van der Waals surface area contributed by atoms with E-state index < -0.39 is 5.41 Å². The van der Waals surface area contributed by atoms with Gasteiger partial charge in [-0.3, -0.25) is 4.79 Å². The number of furan rings is 1. The Labute approximate surface area is 196 Å². The van der Waals surface area contributed by atoms with E-state index in [0.29, 0.717) is 12.5 Å². The minimum absolute atomic E-state index is 0.00244. The monoisotopic (exact) mass is 452 g/mol. The maximum absolute atomic E-state index is 13.7. The lowest BCUT2D eigenvalue weighted by Crippen LogP contribution is -2.69. The van der Waals surface area contributed by atoms with Gasteiger partial charge in [-0.2, -0.15) is 0 Å². The minimum Gasteiger partial charge on any atom is -0.472 e. The van der Waals surface area contributed by atoms with Crippen molar-refractivity contribution in [2.24, 2.45) is 33.5 Å². The van der Waals surface area contributed by atoms with Crippen molar-refractivity contribution < 1.29 is 23.4 Å². The van der Waals surface area contributed by atoms with Gasteiger partial charge in [-0.25, -0.2) is 0 Å². The van der Waals surface area contributed by atoms with E-state index >= 15 is 0 Å². The Morgan fingerprint density at radius 1 is 1.18 bits per heavy atom. The molecule has 9 atom stereocenters. The molecule has 0 N–H and O–H groups in total. The summed E-state index contributed by atoms with van der Waals surface area (Å²) >= 11 is 0. The van der Waals surface area contributed by atoms with E-state index in [1.54, 1.807) is 13.4 Å². The third-order valence-corrected chi connectivity index (χ3v) is 10.5. The van der Waals surface area contributed by atoms with E-state index in [4.69, 9.17) is 18.6 Å². The Balaban J connectivity index is 1.52. The van der Waals surface area contributed by atoms with Crippen molar-refractivity contribution >= 4 is 5.78 Å². The summed E-state index contributed by atoms with van der Waals surface area (Å²) in [6.45, 7) is 10.1. The number of carbonyl (C=O) groups excluding carboxylic acids is 1. The summed E-state index contributed by atoms with van der Waals surface area (Å²) < 4.78 is 24.0. The fourth-order valence-corrected chi connectivity index (χ4v) is 9.26. The summed E-state index contributed by atoms with van der Waals surface area (Å²) in [5, 5.41) is 0. The zero-order chi connectivity index (χ0) is 23.2. The first kappa shape index (κ1) is 21.8. The zero-order valence-electron chi connectivity index (χ0n) is 20.4. The standard InChI is InChI=1S/C28H36O5/c1-25-11-9-21(29)28(4)20-8-12-26(2)18(17-10-13-31-14-17)6-7-19(26)27(20,3)24(33-16-30-5)22(23(25)28)32-15-25/h7,9-11,13-14,18,20,22-24H,6,8,12,15-16H2,1-5H3. The lowest BCUT2D eigenvalue weighted by Gasteiger charge is -2.66. The number of allylic oxidation sites excluding steroid dienone is 2. The molecule has 0 aromatic carbocycles. The van der Waals surface area contributed by atoms with Crippen LogP contribution in [0, 0.1) is 33.5 Å². The van der Waals surface area contributed by atoms with E-state index in [0.717, 1.165) is 19.3 Å². The molecule has 5 heteroatoms. The molecule has 33 heavy (non-hydrogen) atoms. The molecule has 9 unspecified atom stereocenters. The quantitative estimate of drug-likeness (QED) is 0.459. The van der Waals surface area contributed by atoms with Crippen molar-refractivity contribution in [3.05, 3.63) is 48.0 Å². The molecule has 1 saturated heterocycles. The summed E-state index contributed by atoms with van der Waals surface area (Å²) in [6.07, 6.45) is 12.8. The highest BCUT2D eigenvalue weighted by Crippen LogP contribution is 2.74. The highest BCUT2D eigenvalue weighted by molar-refractivity contribution is 5.97. The van der Waals surface area contributed by atoms with Crippen LogP contribution in [-0.4, -0.2) is 38.5 Å². The third-order valence-electron chi connectivity index (χ3n) is 10.5. The van der Waals surface area contributed by atoms with Crippen molar-refractivity contribution in [3.63, 3.8) is 0 Å².